The van der Waals surface area contributed by atoms with Gasteiger partial charge in [0.2, 0.25) is 0 Å². The molecule has 0 aliphatic heterocycles. The van der Waals surface area contributed by atoms with Crippen LogP contribution in [0.4, 0.5) is 5.69 Å². The lowest BCUT2D eigenvalue weighted by atomic mass is 10.1. The summed E-state index contributed by atoms with van der Waals surface area (Å²) >= 11 is 5.90. The lowest BCUT2D eigenvalue weighted by Gasteiger charge is -2.01. The molecule has 16 heavy (non-hydrogen) atoms. The largest absolute Gasteiger partial charge is 0.274 e. The number of nitrogens with zero attached hydrogens (tertiary/aromatic N) is 4. The first-order valence-corrected chi connectivity index (χ1v) is 4.70. The van der Waals surface area contributed by atoms with E-state index in [-0.39, 0.29) is 12.1 Å². The van der Waals surface area contributed by atoms with Crippen molar-refractivity contribution in [3.8, 4) is 0 Å². The van der Waals surface area contributed by atoms with E-state index in [1.165, 1.54) is 12.1 Å². The number of nitrogens with one attached hydrogen (secondary N) is 1. The molecule has 0 unspecified atom stereocenters. The maximum absolute atomic E-state index is 10.8. The fraction of sp³-hybridized carbons (Fsp3) is 0.125. The molecule has 0 bridgehead atoms. The first-order chi connectivity index (χ1) is 7.68. The Morgan fingerprint density at radius 3 is 2.94 bits per heavy atom. The maximum Gasteiger partial charge on any atom is 0.274 e. The van der Waals surface area contributed by atoms with Crippen LogP contribution < -0.4 is 0 Å². The highest BCUT2D eigenvalue weighted by atomic mass is 35.5. The molecule has 7 nitrogen and oxygen atoms in total. The second-order valence-electron chi connectivity index (χ2n) is 3.00. The van der Waals surface area contributed by atoms with Crippen LogP contribution in [0.25, 0.3) is 0 Å². The van der Waals surface area contributed by atoms with Crippen molar-refractivity contribution in [1.82, 2.24) is 20.6 Å². The van der Waals surface area contributed by atoms with E-state index in [2.05, 4.69) is 20.6 Å². The summed E-state index contributed by atoms with van der Waals surface area (Å²) < 4.78 is 0. The van der Waals surface area contributed by atoms with Crippen molar-refractivity contribution in [2.24, 2.45) is 0 Å². The third-order valence-electron chi connectivity index (χ3n) is 2.01. The molecule has 0 saturated heterocycles. The summed E-state index contributed by atoms with van der Waals surface area (Å²) in [5.74, 6) is 0.358. The molecule has 2 aromatic rings. The molecule has 0 radical (unpaired) electrons. The van der Waals surface area contributed by atoms with Crippen LogP contribution in [-0.4, -0.2) is 25.5 Å². The van der Waals surface area contributed by atoms with Crippen molar-refractivity contribution < 1.29 is 4.92 Å². The molecule has 0 atom stereocenters. The van der Waals surface area contributed by atoms with Crippen molar-refractivity contribution in [3.63, 3.8) is 0 Å². The fourth-order valence-electron chi connectivity index (χ4n) is 1.31. The molecule has 8 heteroatoms. The minimum absolute atomic E-state index is 0.0442. The maximum atomic E-state index is 10.8. The van der Waals surface area contributed by atoms with Gasteiger partial charge in [-0.2, -0.15) is 5.21 Å². The summed E-state index contributed by atoms with van der Waals surface area (Å²) in [7, 11) is 0. The number of aromatic nitrogens is 4. The number of tetrazole rings is 1. The van der Waals surface area contributed by atoms with E-state index >= 15 is 0 Å². The molecule has 1 aromatic heterocycles. The molecule has 0 aliphatic carbocycles. The van der Waals surface area contributed by atoms with Gasteiger partial charge in [0.25, 0.3) is 5.69 Å². The third kappa shape index (κ3) is 1.98. The van der Waals surface area contributed by atoms with E-state index in [9.17, 15) is 10.1 Å². The molecule has 2 rings (SSSR count). The lowest BCUT2D eigenvalue weighted by molar-refractivity contribution is -0.385. The summed E-state index contributed by atoms with van der Waals surface area (Å²) in [4.78, 5) is 10.3. The molecule has 82 valence electrons. The van der Waals surface area contributed by atoms with Crippen molar-refractivity contribution >= 4 is 17.3 Å². The average molecular weight is 240 g/mol. The molecular weight excluding hydrogens is 234 g/mol. The van der Waals surface area contributed by atoms with Gasteiger partial charge in [-0.05, 0) is 6.07 Å². The number of H-pyrrole nitrogens is 1. The van der Waals surface area contributed by atoms with Gasteiger partial charge in [-0.3, -0.25) is 10.1 Å². The van der Waals surface area contributed by atoms with Gasteiger partial charge < -0.3 is 0 Å². The van der Waals surface area contributed by atoms with Crippen LogP contribution in [-0.2, 0) is 6.42 Å². The minimum atomic E-state index is -0.485. The third-order valence-corrected chi connectivity index (χ3v) is 2.37. The Labute approximate surface area is 94.6 Å². The van der Waals surface area contributed by atoms with Crippen LogP contribution in [0.15, 0.2) is 18.2 Å². The molecule has 1 N–H and O–H groups in total. The van der Waals surface area contributed by atoms with Crippen LogP contribution >= 0.6 is 11.6 Å². The molecule has 1 aromatic carbocycles. The number of aromatic amines is 1. The van der Waals surface area contributed by atoms with Gasteiger partial charge in [0, 0.05) is 12.5 Å². The quantitative estimate of drug-likeness (QED) is 0.644. The van der Waals surface area contributed by atoms with E-state index in [4.69, 9.17) is 11.6 Å². The molecular formula is C8H6ClN5O2. The van der Waals surface area contributed by atoms with Crippen molar-refractivity contribution in [3.05, 3.63) is 44.7 Å². The van der Waals surface area contributed by atoms with E-state index in [0.29, 0.717) is 16.4 Å². The van der Waals surface area contributed by atoms with Crippen LogP contribution in [0.1, 0.15) is 11.4 Å². The number of hydrogen-bond acceptors (Lipinski definition) is 5. The Morgan fingerprint density at radius 2 is 2.31 bits per heavy atom. The normalized spacial score (nSPS) is 10.3. The minimum Gasteiger partial charge on any atom is -0.258 e. The van der Waals surface area contributed by atoms with Crippen molar-refractivity contribution in [1.29, 1.82) is 0 Å². The number of nitro benzene ring substituents is 1. The lowest BCUT2D eigenvalue weighted by Crippen LogP contribution is -1.99. The number of nitro groups is 1. The second kappa shape index (κ2) is 4.23. The zero-order valence-electron chi connectivity index (χ0n) is 7.92. The Morgan fingerprint density at radius 1 is 1.50 bits per heavy atom. The summed E-state index contributed by atoms with van der Waals surface area (Å²) in [6.45, 7) is 0. The predicted molar refractivity (Wildman–Crippen MR) is 55.1 cm³/mol. The topological polar surface area (TPSA) is 97.6 Å². The highest BCUT2D eigenvalue weighted by molar-refractivity contribution is 6.31. The Hall–Kier alpha value is -2.02. The predicted octanol–water partition coefficient (Wildman–Crippen LogP) is 1.35. The summed E-state index contributed by atoms with van der Waals surface area (Å²) in [5.41, 5.74) is 0.341. The second-order valence-corrected chi connectivity index (χ2v) is 3.41. The molecule has 0 fully saturated rings. The van der Waals surface area contributed by atoms with Gasteiger partial charge in [0.05, 0.1) is 15.5 Å². The smallest absolute Gasteiger partial charge is 0.258 e. The Balaban J connectivity index is 2.42. The molecule has 0 aliphatic rings. The van der Waals surface area contributed by atoms with Crippen LogP contribution in [0.3, 0.4) is 0 Å². The highest BCUT2D eigenvalue weighted by Crippen LogP contribution is 2.27. The highest BCUT2D eigenvalue weighted by Gasteiger charge is 2.18. The van der Waals surface area contributed by atoms with Gasteiger partial charge in [-0.15, -0.1) is 10.2 Å². The zero-order chi connectivity index (χ0) is 11.5. The zero-order valence-corrected chi connectivity index (χ0v) is 8.68. The van der Waals surface area contributed by atoms with Crippen molar-refractivity contribution in [2.75, 3.05) is 0 Å². The van der Waals surface area contributed by atoms with Crippen molar-refractivity contribution in [2.45, 2.75) is 6.42 Å². The van der Waals surface area contributed by atoms with Gasteiger partial charge in [0.15, 0.2) is 5.82 Å². The standard InChI is InChI=1S/C8H6ClN5O2/c9-6-2-1-3-7(14(15)16)5(6)4-8-10-12-13-11-8/h1-3H,4H2,(H,10,11,12,13). The first kappa shape index (κ1) is 10.5. The molecule has 0 saturated carbocycles. The van der Waals surface area contributed by atoms with E-state index in [1.54, 1.807) is 6.07 Å². The van der Waals surface area contributed by atoms with E-state index in [1.807, 2.05) is 0 Å². The number of rotatable bonds is 3. The average Bonchev–Trinajstić information content (AvgIpc) is 2.73. The summed E-state index contributed by atoms with van der Waals surface area (Å²) in [6.07, 6.45) is 0.173. The number of benzene rings is 1. The van der Waals surface area contributed by atoms with Crippen LogP contribution in [0.2, 0.25) is 5.02 Å². The first-order valence-electron chi connectivity index (χ1n) is 4.32. The van der Waals surface area contributed by atoms with Crippen LogP contribution in [0, 0.1) is 10.1 Å². The Kier molecular flexibility index (Phi) is 2.78. The van der Waals surface area contributed by atoms with Crippen LogP contribution in [0.5, 0.6) is 0 Å². The molecule has 0 amide bonds. The van der Waals surface area contributed by atoms with Gasteiger partial charge in [0.1, 0.15) is 0 Å². The van der Waals surface area contributed by atoms with Gasteiger partial charge in [-0.1, -0.05) is 22.9 Å². The number of halogens is 1. The summed E-state index contributed by atoms with van der Waals surface area (Å²) in [6, 6.07) is 4.51. The number of hydrogen-bond donors (Lipinski definition) is 1. The fourth-order valence-corrected chi connectivity index (χ4v) is 1.55. The molecule has 1 heterocycles. The molecule has 0 spiro atoms. The summed E-state index contributed by atoms with van der Waals surface area (Å²) in [5, 5.41) is 24.2. The SMILES string of the molecule is O=[N+]([O-])c1cccc(Cl)c1Cc1nn[nH]n1. The Bertz CT molecular complexity index is 513. The van der Waals surface area contributed by atoms with Gasteiger partial charge in [-0.25, -0.2) is 0 Å². The van der Waals surface area contributed by atoms with E-state index < -0.39 is 4.92 Å². The van der Waals surface area contributed by atoms with E-state index in [0.717, 1.165) is 0 Å². The monoisotopic (exact) mass is 239 g/mol. The van der Waals surface area contributed by atoms with Gasteiger partial charge >= 0.3 is 0 Å².